The fourth-order valence-corrected chi connectivity index (χ4v) is 5.47. The zero-order valence-corrected chi connectivity index (χ0v) is 18.6. The van der Waals surface area contributed by atoms with E-state index in [4.69, 9.17) is 4.74 Å². The van der Waals surface area contributed by atoms with Crippen LogP contribution in [0.5, 0.6) is 0 Å². The number of ketones is 1. The lowest BCUT2D eigenvalue weighted by Gasteiger charge is -2.34. The number of carbonyl (C=O) groups is 2. The minimum atomic E-state index is -0.427. The van der Waals surface area contributed by atoms with Gasteiger partial charge in [0.15, 0.2) is 0 Å². The van der Waals surface area contributed by atoms with Crippen molar-refractivity contribution >= 4 is 11.8 Å². The molecule has 3 unspecified atom stereocenters. The maximum absolute atomic E-state index is 14.0. The van der Waals surface area contributed by atoms with E-state index in [9.17, 15) is 9.59 Å². The van der Waals surface area contributed by atoms with Crippen molar-refractivity contribution in [3.8, 4) is 0 Å². The third kappa shape index (κ3) is 4.59. The molecular weight excluding hydrogens is 386 g/mol. The van der Waals surface area contributed by atoms with Crippen molar-refractivity contribution in [3.63, 3.8) is 0 Å². The number of methoxy groups -OCH3 is 1. The molecule has 2 aromatic carbocycles. The second-order valence-electron chi connectivity index (χ2n) is 9.08. The van der Waals surface area contributed by atoms with Gasteiger partial charge < -0.3 is 9.64 Å². The number of fused-ring (bicyclic) bond motifs is 1. The number of ether oxygens (including phenoxy) is 1. The molecule has 0 N–H and O–H groups in total. The molecule has 164 valence electrons. The van der Waals surface area contributed by atoms with Crippen molar-refractivity contribution in [1.82, 2.24) is 4.90 Å². The first kappa shape index (κ1) is 21.8. The first-order chi connectivity index (χ1) is 15.1. The van der Waals surface area contributed by atoms with Crippen LogP contribution in [0.2, 0.25) is 0 Å². The van der Waals surface area contributed by atoms with Gasteiger partial charge in [-0.2, -0.15) is 0 Å². The Morgan fingerprint density at radius 3 is 2.39 bits per heavy atom. The molecule has 4 atom stereocenters. The molecule has 0 amide bonds. The Hall–Kier alpha value is -2.46. The number of nitrogens with zero attached hydrogens (tertiary/aromatic N) is 1. The summed E-state index contributed by atoms with van der Waals surface area (Å²) in [6.07, 6.45) is 4.32. The Morgan fingerprint density at radius 2 is 1.68 bits per heavy atom. The Balaban J connectivity index is 1.64. The molecule has 0 bridgehead atoms. The number of hydrogen-bond acceptors (Lipinski definition) is 4. The normalized spacial score (nSPS) is 23.0. The van der Waals surface area contributed by atoms with Crippen LogP contribution >= 0.6 is 0 Å². The Bertz CT molecular complexity index is 904. The molecule has 0 radical (unpaired) electrons. The maximum atomic E-state index is 14.0. The second kappa shape index (κ2) is 9.78. The van der Waals surface area contributed by atoms with Crippen LogP contribution < -0.4 is 0 Å². The van der Waals surface area contributed by atoms with Gasteiger partial charge in [-0.3, -0.25) is 9.59 Å². The number of carbonyl (C=O) groups excluding carboxylic acids is 2. The van der Waals surface area contributed by atoms with Crippen LogP contribution in [0, 0.1) is 11.8 Å². The lowest BCUT2D eigenvalue weighted by atomic mass is 9.76. The van der Waals surface area contributed by atoms with E-state index in [0.29, 0.717) is 6.42 Å². The van der Waals surface area contributed by atoms with Gasteiger partial charge in [0, 0.05) is 18.4 Å². The maximum Gasteiger partial charge on any atom is 0.310 e. The predicted molar refractivity (Wildman–Crippen MR) is 122 cm³/mol. The number of rotatable bonds is 7. The molecule has 4 heteroatoms. The predicted octanol–water partition coefficient (Wildman–Crippen LogP) is 4.59. The molecule has 1 aliphatic carbocycles. The van der Waals surface area contributed by atoms with Gasteiger partial charge in [0.1, 0.15) is 5.78 Å². The number of esters is 1. The van der Waals surface area contributed by atoms with Crippen LogP contribution in [-0.4, -0.2) is 43.4 Å². The van der Waals surface area contributed by atoms with E-state index >= 15 is 0 Å². The summed E-state index contributed by atoms with van der Waals surface area (Å²) in [7, 11) is 1.42. The zero-order valence-electron chi connectivity index (χ0n) is 18.6. The first-order valence-corrected chi connectivity index (χ1v) is 11.6. The molecule has 0 spiro atoms. The highest BCUT2D eigenvalue weighted by Gasteiger charge is 2.44. The van der Waals surface area contributed by atoms with Crippen LogP contribution in [0.15, 0.2) is 54.6 Å². The minimum Gasteiger partial charge on any atom is -0.469 e. The molecule has 1 saturated heterocycles. The number of Topliss-reactive ketones (excluding diaryl/α,β-unsaturated/α-hetero) is 1. The molecular formula is C27H33NO3. The number of hydrogen-bond donors (Lipinski definition) is 0. The summed E-state index contributed by atoms with van der Waals surface area (Å²) in [6, 6.07) is 18.4. The van der Waals surface area contributed by atoms with Crippen molar-refractivity contribution in [1.29, 1.82) is 0 Å². The summed E-state index contributed by atoms with van der Waals surface area (Å²) in [6.45, 7) is 5.13. The Labute approximate surface area is 185 Å². The summed E-state index contributed by atoms with van der Waals surface area (Å²) in [4.78, 5) is 29.1. The average Bonchev–Trinajstić information content (AvgIpc) is 3.22. The fraction of sp³-hybridized carbons (Fsp3) is 0.481. The van der Waals surface area contributed by atoms with Crippen molar-refractivity contribution in [3.05, 3.63) is 71.3 Å². The lowest BCUT2D eigenvalue weighted by Crippen LogP contribution is -2.38. The van der Waals surface area contributed by atoms with E-state index in [1.165, 1.54) is 31.9 Å². The van der Waals surface area contributed by atoms with Crippen LogP contribution in [0.1, 0.15) is 54.7 Å². The molecule has 1 fully saturated rings. The van der Waals surface area contributed by atoms with E-state index in [0.717, 1.165) is 30.8 Å². The standard InChI is InChI=1S/C27H33NO3/c1-19(24(20-11-5-3-6-12-20)18-28-15-9-4-10-16-28)26(29)25-22-14-8-7-13-21(22)17-23(25)27(30)31-2/h3,5-8,11-14,19,23-25H,4,9-10,15-18H2,1-2H3/t19?,23?,24-,25?/m1/s1. The van der Waals surface area contributed by atoms with Gasteiger partial charge in [-0.1, -0.05) is 67.9 Å². The Morgan fingerprint density at radius 1 is 1.00 bits per heavy atom. The quantitative estimate of drug-likeness (QED) is 0.616. The van der Waals surface area contributed by atoms with Crippen LogP contribution in [0.3, 0.4) is 0 Å². The zero-order chi connectivity index (χ0) is 21.8. The molecule has 2 aliphatic rings. The highest BCUT2D eigenvalue weighted by molar-refractivity contribution is 5.94. The van der Waals surface area contributed by atoms with E-state index in [1.807, 2.05) is 30.3 Å². The monoisotopic (exact) mass is 419 g/mol. The summed E-state index contributed by atoms with van der Waals surface area (Å²) < 4.78 is 5.09. The third-order valence-corrected chi connectivity index (χ3v) is 7.23. The minimum absolute atomic E-state index is 0.109. The van der Waals surface area contributed by atoms with Gasteiger partial charge in [0.05, 0.1) is 18.9 Å². The van der Waals surface area contributed by atoms with E-state index in [1.54, 1.807) is 0 Å². The number of benzene rings is 2. The Kier molecular flexibility index (Phi) is 6.86. The van der Waals surface area contributed by atoms with Gasteiger partial charge in [0.25, 0.3) is 0 Å². The van der Waals surface area contributed by atoms with Gasteiger partial charge in [-0.25, -0.2) is 0 Å². The SMILES string of the molecule is COC(=O)C1Cc2ccccc2C1C(=O)C(C)[C@@H](CN1CCCCC1)c1ccccc1. The van der Waals surface area contributed by atoms with Crippen LogP contribution in [0.25, 0.3) is 0 Å². The van der Waals surface area contributed by atoms with Crippen LogP contribution in [-0.2, 0) is 20.7 Å². The third-order valence-electron chi connectivity index (χ3n) is 7.23. The molecule has 2 aromatic rings. The van der Waals surface area contributed by atoms with Gasteiger partial charge in [-0.15, -0.1) is 0 Å². The second-order valence-corrected chi connectivity index (χ2v) is 9.08. The van der Waals surface area contributed by atoms with Crippen LogP contribution in [0.4, 0.5) is 0 Å². The molecule has 0 aromatic heterocycles. The molecule has 0 saturated carbocycles. The van der Waals surface area contributed by atoms with Crippen molar-refractivity contribution < 1.29 is 14.3 Å². The van der Waals surface area contributed by atoms with Gasteiger partial charge in [0.2, 0.25) is 0 Å². The van der Waals surface area contributed by atoms with E-state index in [2.05, 4.69) is 36.1 Å². The number of likely N-dealkylation sites (tertiary alicyclic amines) is 1. The van der Waals surface area contributed by atoms with Crippen molar-refractivity contribution in [2.75, 3.05) is 26.7 Å². The molecule has 31 heavy (non-hydrogen) atoms. The first-order valence-electron chi connectivity index (χ1n) is 11.6. The largest absolute Gasteiger partial charge is 0.469 e. The van der Waals surface area contributed by atoms with E-state index < -0.39 is 11.8 Å². The lowest BCUT2D eigenvalue weighted by molar-refractivity contribution is -0.148. The highest BCUT2D eigenvalue weighted by Crippen LogP contribution is 2.42. The average molecular weight is 420 g/mol. The van der Waals surface area contributed by atoms with Crippen molar-refractivity contribution in [2.24, 2.45) is 11.8 Å². The summed E-state index contributed by atoms with van der Waals surface area (Å²) >= 11 is 0. The summed E-state index contributed by atoms with van der Waals surface area (Å²) in [5.41, 5.74) is 3.30. The molecule has 1 aliphatic heterocycles. The van der Waals surface area contributed by atoms with Crippen molar-refractivity contribution in [2.45, 2.75) is 44.4 Å². The van der Waals surface area contributed by atoms with E-state index in [-0.39, 0.29) is 23.6 Å². The topological polar surface area (TPSA) is 46.6 Å². The molecule has 4 nitrogen and oxygen atoms in total. The fourth-order valence-electron chi connectivity index (χ4n) is 5.47. The smallest absolute Gasteiger partial charge is 0.310 e. The van der Waals surface area contributed by atoms with Gasteiger partial charge in [-0.05, 0) is 49.0 Å². The van der Waals surface area contributed by atoms with Gasteiger partial charge >= 0.3 is 5.97 Å². The summed E-state index contributed by atoms with van der Waals surface area (Å²) in [5.74, 6) is -1.05. The number of piperidine rings is 1. The molecule has 4 rings (SSSR count). The highest BCUT2D eigenvalue weighted by atomic mass is 16.5. The molecule has 1 heterocycles. The summed E-state index contributed by atoms with van der Waals surface area (Å²) in [5, 5.41) is 0.